The lowest BCUT2D eigenvalue weighted by Gasteiger charge is -2.06. The minimum atomic E-state index is -0.363. The molecule has 0 aliphatic rings. The second-order valence-electron chi connectivity index (χ2n) is 4.01. The van der Waals surface area contributed by atoms with Crippen molar-refractivity contribution in [1.29, 1.82) is 0 Å². The molecule has 0 N–H and O–H groups in total. The Morgan fingerprint density at radius 3 is 2.37 bits per heavy atom. The van der Waals surface area contributed by atoms with Gasteiger partial charge in [0.15, 0.2) is 0 Å². The predicted molar refractivity (Wildman–Crippen MR) is 86.6 cm³/mol. The number of nitro groups is 1. The van der Waals surface area contributed by atoms with Crippen molar-refractivity contribution in [1.82, 2.24) is 0 Å². The van der Waals surface area contributed by atoms with Crippen molar-refractivity contribution in [2.75, 3.05) is 11.5 Å². The van der Waals surface area contributed by atoms with Crippen molar-refractivity contribution in [3.8, 4) is 0 Å². The molecule has 3 nitrogen and oxygen atoms in total. The van der Waals surface area contributed by atoms with Gasteiger partial charge in [-0.3, -0.25) is 10.1 Å². The van der Waals surface area contributed by atoms with Crippen LogP contribution < -0.4 is 0 Å². The SMILES string of the molecule is CCCS/C=C(\SCCC)c1ccc([N+](=O)[O-])cc1. The fourth-order valence-corrected chi connectivity index (χ4v) is 3.24. The van der Waals surface area contributed by atoms with Crippen LogP contribution in [0.5, 0.6) is 0 Å². The molecule has 19 heavy (non-hydrogen) atoms. The van der Waals surface area contributed by atoms with Crippen molar-refractivity contribution >= 4 is 34.1 Å². The Labute approximate surface area is 123 Å². The van der Waals surface area contributed by atoms with Gasteiger partial charge in [0, 0.05) is 17.0 Å². The van der Waals surface area contributed by atoms with Crippen LogP contribution in [0.4, 0.5) is 5.69 Å². The van der Waals surface area contributed by atoms with Crippen LogP contribution in [0, 0.1) is 10.1 Å². The molecule has 1 rings (SSSR count). The molecule has 0 fully saturated rings. The van der Waals surface area contributed by atoms with E-state index in [1.165, 1.54) is 4.91 Å². The Morgan fingerprint density at radius 1 is 1.21 bits per heavy atom. The van der Waals surface area contributed by atoms with E-state index in [9.17, 15) is 10.1 Å². The highest BCUT2D eigenvalue weighted by Crippen LogP contribution is 2.31. The zero-order chi connectivity index (χ0) is 14.1. The lowest BCUT2D eigenvalue weighted by Crippen LogP contribution is -1.88. The second kappa shape index (κ2) is 9.04. The van der Waals surface area contributed by atoms with Gasteiger partial charge in [0.05, 0.1) is 4.92 Å². The van der Waals surface area contributed by atoms with E-state index < -0.39 is 0 Å². The zero-order valence-corrected chi connectivity index (χ0v) is 12.9. The maximum Gasteiger partial charge on any atom is 0.269 e. The molecule has 1 aromatic carbocycles. The molecular weight excluding hydrogens is 278 g/mol. The van der Waals surface area contributed by atoms with Gasteiger partial charge in [-0.2, -0.15) is 0 Å². The van der Waals surface area contributed by atoms with E-state index in [0.717, 1.165) is 29.9 Å². The van der Waals surface area contributed by atoms with Crippen LogP contribution in [0.2, 0.25) is 0 Å². The smallest absolute Gasteiger partial charge is 0.258 e. The number of hydrogen-bond acceptors (Lipinski definition) is 4. The van der Waals surface area contributed by atoms with E-state index >= 15 is 0 Å². The summed E-state index contributed by atoms with van der Waals surface area (Å²) in [4.78, 5) is 11.5. The van der Waals surface area contributed by atoms with Crippen molar-refractivity contribution in [3.63, 3.8) is 0 Å². The first-order valence-corrected chi connectivity index (χ1v) is 8.41. The lowest BCUT2D eigenvalue weighted by atomic mass is 10.2. The van der Waals surface area contributed by atoms with Crippen molar-refractivity contribution in [3.05, 3.63) is 45.4 Å². The average molecular weight is 297 g/mol. The molecule has 0 radical (unpaired) electrons. The van der Waals surface area contributed by atoms with E-state index in [2.05, 4.69) is 19.3 Å². The summed E-state index contributed by atoms with van der Waals surface area (Å²) < 4.78 is 0. The van der Waals surface area contributed by atoms with Crippen molar-refractivity contribution in [2.24, 2.45) is 0 Å². The predicted octanol–water partition coefficient (Wildman–Crippen LogP) is 5.18. The van der Waals surface area contributed by atoms with E-state index in [0.29, 0.717) is 0 Å². The second-order valence-corrected chi connectivity index (χ2v) is 6.12. The maximum atomic E-state index is 10.6. The quantitative estimate of drug-likeness (QED) is 0.377. The summed E-state index contributed by atoms with van der Waals surface area (Å²) in [5.41, 5.74) is 1.21. The first-order valence-electron chi connectivity index (χ1n) is 6.38. The highest BCUT2D eigenvalue weighted by molar-refractivity contribution is 8.10. The first kappa shape index (κ1) is 16.1. The number of rotatable bonds is 8. The third-order valence-electron chi connectivity index (χ3n) is 2.34. The number of thioether (sulfide) groups is 2. The van der Waals surface area contributed by atoms with E-state index in [-0.39, 0.29) is 10.6 Å². The van der Waals surface area contributed by atoms with Gasteiger partial charge in [0.25, 0.3) is 5.69 Å². The summed E-state index contributed by atoms with van der Waals surface area (Å²) >= 11 is 3.61. The molecular formula is C14H19NO2S2. The maximum absolute atomic E-state index is 10.6. The summed E-state index contributed by atoms with van der Waals surface area (Å²) in [7, 11) is 0. The molecule has 0 amide bonds. The van der Waals surface area contributed by atoms with E-state index in [1.54, 1.807) is 23.9 Å². The van der Waals surface area contributed by atoms with Gasteiger partial charge < -0.3 is 0 Å². The Morgan fingerprint density at radius 2 is 1.84 bits per heavy atom. The molecule has 1 aromatic rings. The van der Waals surface area contributed by atoms with Crippen LogP contribution >= 0.6 is 23.5 Å². The third kappa shape index (κ3) is 5.70. The van der Waals surface area contributed by atoms with Gasteiger partial charge >= 0.3 is 0 Å². The van der Waals surface area contributed by atoms with Gasteiger partial charge in [-0.25, -0.2) is 0 Å². The molecule has 0 spiro atoms. The van der Waals surface area contributed by atoms with Crippen LogP contribution in [-0.4, -0.2) is 16.4 Å². The lowest BCUT2D eigenvalue weighted by molar-refractivity contribution is -0.384. The molecule has 0 bridgehead atoms. The van der Waals surface area contributed by atoms with Crippen LogP contribution in [-0.2, 0) is 0 Å². The molecule has 0 unspecified atom stereocenters. The molecule has 0 heterocycles. The molecule has 0 atom stereocenters. The largest absolute Gasteiger partial charge is 0.269 e. The summed E-state index contributed by atoms with van der Waals surface area (Å²) in [5, 5.41) is 12.8. The Kier molecular flexibility index (Phi) is 7.67. The van der Waals surface area contributed by atoms with Crippen LogP contribution in [0.1, 0.15) is 32.3 Å². The Hall–Kier alpha value is -0.940. The fraction of sp³-hybridized carbons (Fsp3) is 0.429. The van der Waals surface area contributed by atoms with Gasteiger partial charge in [0.2, 0.25) is 0 Å². The summed E-state index contributed by atoms with van der Waals surface area (Å²) in [5.74, 6) is 2.17. The first-order chi connectivity index (χ1) is 9.19. The van der Waals surface area contributed by atoms with Crippen LogP contribution in [0.3, 0.4) is 0 Å². The van der Waals surface area contributed by atoms with Gasteiger partial charge in [-0.05, 0) is 47.5 Å². The minimum absolute atomic E-state index is 0.143. The number of nitro benzene ring substituents is 1. The minimum Gasteiger partial charge on any atom is -0.258 e. The topological polar surface area (TPSA) is 43.1 Å². The summed E-state index contributed by atoms with van der Waals surface area (Å²) in [6, 6.07) is 6.80. The number of benzene rings is 1. The normalized spacial score (nSPS) is 11.6. The van der Waals surface area contributed by atoms with Gasteiger partial charge in [-0.15, -0.1) is 23.5 Å². The molecule has 0 aromatic heterocycles. The molecule has 0 aliphatic carbocycles. The fourth-order valence-electron chi connectivity index (χ4n) is 1.40. The summed E-state index contributed by atoms with van der Waals surface area (Å²) in [6.45, 7) is 4.31. The highest BCUT2D eigenvalue weighted by Gasteiger charge is 2.07. The van der Waals surface area contributed by atoms with E-state index in [4.69, 9.17) is 0 Å². The highest BCUT2D eigenvalue weighted by atomic mass is 32.2. The standard InChI is InChI=1S/C14H19NO2S2/c1-3-9-18-11-14(19-10-4-2)12-5-7-13(8-6-12)15(16)17/h5-8,11H,3-4,9-10H2,1-2H3/b14-11-. The average Bonchev–Trinajstić information content (AvgIpc) is 2.43. The molecule has 0 aliphatic heterocycles. The monoisotopic (exact) mass is 297 g/mol. The molecule has 5 heteroatoms. The third-order valence-corrected chi connectivity index (χ3v) is 4.81. The molecule has 0 saturated heterocycles. The Bertz CT molecular complexity index is 430. The zero-order valence-electron chi connectivity index (χ0n) is 11.3. The number of nitrogens with zero attached hydrogens (tertiary/aromatic N) is 1. The van der Waals surface area contributed by atoms with Crippen molar-refractivity contribution < 1.29 is 4.92 Å². The summed E-state index contributed by atoms with van der Waals surface area (Å²) in [6.07, 6.45) is 2.26. The molecule has 104 valence electrons. The van der Waals surface area contributed by atoms with Crippen LogP contribution in [0.15, 0.2) is 29.7 Å². The van der Waals surface area contributed by atoms with Crippen molar-refractivity contribution in [2.45, 2.75) is 26.7 Å². The van der Waals surface area contributed by atoms with Gasteiger partial charge in [0.1, 0.15) is 0 Å². The van der Waals surface area contributed by atoms with E-state index in [1.807, 2.05) is 23.9 Å². The van der Waals surface area contributed by atoms with Gasteiger partial charge in [-0.1, -0.05) is 13.8 Å². The van der Waals surface area contributed by atoms with Crippen LogP contribution in [0.25, 0.3) is 4.91 Å². The Balaban J connectivity index is 2.83. The molecule has 0 saturated carbocycles. The number of non-ortho nitro benzene ring substituents is 1. The number of hydrogen-bond donors (Lipinski definition) is 0.